The van der Waals surface area contributed by atoms with Crippen LogP contribution in [-0.4, -0.2) is 21.3 Å². The smallest absolute Gasteiger partial charge is 0.233 e. The number of rotatable bonds is 6. The first-order valence-corrected chi connectivity index (χ1v) is 8.32. The number of benzene rings is 1. The number of aryl methyl sites for hydroxylation is 1. The van der Waals surface area contributed by atoms with Gasteiger partial charge in [-0.2, -0.15) is 0 Å². The van der Waals surface area contributed by atoms with Crippen molar-refractivity contribution >= 4 is 11.7 Å². The Morgan fingerprint density at radius 3 is 2.58 bits per heavy atom. The van der Waals surface area contributed by atoms with E-state index < -0.39 is 0 Å². The summed E-state index contributed by atoms with van der Waals surface area (Å²) in [6.45, 7) is 5.72. The van der Waals surface area contributed by atoms with Gasteiger partial charge in [0.2, 0.25) is 11.8 Å². The molecule has 3 rings (SSSR count). The van der Waals surface area contributed by atoms with Crippen molar-refractivity contribution in [3.8, 4) is 17.1 Å². The number of carbonyl (C=O) groups is 1. The van der Waals surface area contributed by atoms with Gasteiger partial charge in [-0.1, -0.05) is 49.3 Å². The van der Waals surface area contributed by atoms with Crippen LogP contribution in [0.25, 0.3) is 11.3 Å². The zero-order valence-electron chi connectivity index (χ0n) is 14.9. The van der Waals surface area contributed by atoms with Gasteiger partial charge >= 0.3 is 0 Å². The molecule has 0 aliphatic rings. The minimum absolute atomic E-state index is 0.111. The van der Waals surface area contributed by atoms with Crippen LogP contribution in [0.3, 0.4) is 0 Å². The van der Waals surface area contributed by atoms with Crippen LogP contribution < -0.4 is 10.1 Å². The number of carbonyl (C=O) groups excluding carboxylic acids is 1. The van der Waals surface area contributed by atoms with Crippen molar-refractivity contribution in [2.45, 2.75) is 27.4 Å². The Hall–Kier alpha value is -3.22. The highest BCUT2D eigenvalue weighted by molar-refractivity contribution is 5.91. The summed E-state index contributed by atoms with van der Waals surface area (Å²) >= 11 is 0. The Balaban J connectivity index is 1.68. The van der Waals surface area contributed by atoms with Crippen molar-refractivity contribution in [3.05, 3.63) is 53.8 Å². The SMILES string of the molecule is Cc1onc(-c2ccccc2)c1COc1ccc(NC(=O)C(C)C)nn1. The molecule has 0 atom stereocenters. The van der Waals surface area contributed by atoms with Gasteiger partial charge < -0.3 is 14.6 Å². The van der Waals surface area contributed by atoms with Crippen molar-refractivity contribution in [2.24, 2.45) is 5.92 Å². The predicted octanol–water partition coefficient (Wildman–Crippen LogP) is 3.61. The average Bonchev–Trinajstić information content (AvgIpc) is 3.02. The van der Waals surface area contributed by atoms with E-state index in [2.05, 4.69) is 20.7 Å². The molecule has 0 unspecified atom stereocenters. The van der Waals surface area contributed by atoms with E-state index in [0.29, 0.717) is 17.5 Å². The predicted molar refractivity (Wildman–Crippen MR) is 96.5 cm³/mol. The molecule has 1 aromatic carbocycles. The maximum Gasteiger partial charge on any atom is 0.233 e. The first-order chi connectivity index (χ1) is 12.5. The second-order valence-electron chi connectivity index (χ2n) is 6.12. The highest BCUT2D eigenvalue weighted by Crippen LogP contribution is 2.26. The summed E-state index contributed by atoms with van der Waals surface area (Å²) in [5, 5.41) is 14.8. The third-order valence-corrected chi connectivity index (χ3v) is 3.81. The van der Waals surface area contributed by atoms with Crippen molar-refractivity contribution in [1.82, 2.24) is 15.4 Å². The van der Waals surface area contributed by atoms with Crippen LogP contribution in [0, 0.1) is 12.8 Å². The Labute approximate surface area is 151 Å². The molecule has 0 aliphatic carbocycles. The minimum Gasteiger partial charge on any atom is -0.472 e. The Bertz CT molecular complexity index is 874. The molecular formula is C19H20N4O3. The van der Waals surface area contributed by atoms with Crippen LogP contribution >= 0.6 is 0 Å². The summed E-state index contributed by atoms with van der Waals surface area (Å²) in [7, 11) is 0. The minimum atomic E-state index is -0.124. The molecule has 1 N–H and O–H groups in total. The number of aromatic nitrogens is 3. The summed E-state index contributed by atoms with van der Waals surface area (Å²) in [6, 6.07) is 13.1. The summed E-state index contributed by atoms with van der Waals surface area (Å²) in [6.07, 6.45) is 0. The number of ether oxygens (including phenoxy) is 1. The summed E-state index contributed by atoms with van der Waals surface area (Å²) in [5.41, 5.74) is 2.56. The summed E-state index contributed by atoms with van der Waals surface area (Å²) < 4.78 is 11.0. The zero-order valence-corrected chi connectivity index (χ0v) is 14.9. The fourth-order valence-electron chi connectivity index (χ4n) is 2.26. The maximum atomic E-state index is 11.7. The van der Waals surface area contributed by atoms with Crippen LogP contribution in [0.5, 0.6) is 5.88 Å². The molecule has 0 radical (unpaired) electrons. The lowest BCUT2D eigenvalue weighted by atomic mass is 10.1. The largest absolute Gasteiger partial charge is 0.472 e. The van der Waals surface area contributed by atoms with Crippen LogP contribution in [0.1, 0.15) is 25.2 Å². The van der Waals surface area contributed by atoms with Crippen LogP contribution in [-0.2, 0) is 11.4 Å². The molecule has 0 saturated carbocycles. The number of anilines is 1. The topological polar surface area (TPSA) is 90.1 Å². The number of amides is 1. The molecule has 134 valence electrons. The number of hydrogen-bond donors (Lipinski definition) is 1. The Morgan fingerprint density at radius 2 is 1.92 bits per heavy atom. The third-order valence-electron chi connectivity index (χ3n) is 3.81. The normalized spacial score (nSPS) is 10.8. The van der Waals surface area contributed by atoms with E-state index in [1.807, 2.05) is 51.1 Å². The van der Waals surface area contributed by atoms with Gasteiger partial charge in [-0.25, -0.2) is 0 Å². The molecule has 0 saturated heterocycles. The van der Waals surface area contributed by atoms with Crippen molar-refractivity contribution < 1.29 is 14.1 Å². The quantitative estimate of drug-likeness (QED) is 0.729. The van der Waals surface area contributed by atoms with Gasteiger partial charge in [-0.3, -0.25) is 4.79 Å². The van der Waals surface area contributed by atoms with Gasteiger partial charge in [0.05, 0.1) is 5.56 Å². The second kappa shape index (κ2) is 7.77. The number of nitrogens with one attached hydrogen (secondary N) is 1. The molecule has 7 nitrogen and oxygen atoms in total. The number of nitrogens with zero attached hydrogens (tertiary/aromatic N) is 3. The van der Waals surface area contributed by atoms with E-state index in [9.17, 15) is 4.79 Å². The molecule has 3 aromatic rings. The number of hydrogen-bond acceptors (Lipinski definition) is 6. The monoisotopic (exact) mass is 352 g/mol. The van der Waals surface area contributed by atoms with Gasteiger partial charge in [0, 0.05) is 17.5 Å². The van der Waals surface area contributed by atoms with Crippen molar-refractivity contribution in [1.29, 1.82) is 0 Å². The molecule has 7 heteroatoms. The molecule has 0 aliphatic heterocycles. The molecule has 0 spiro atoms. The summed E-state index contributed by atoms with van der Waals surface area (Å²) in [5.74, 6) is 1.20. The highest BCUT2D eigenvalue weighted by atomic mass is 16.5. The molecule has 2 heterocycles. The van der Waals surface area contributed by atoms with Gasteiger partial charge in [0.15, 0.2) is 5.82 Å². The van der Waals surface area contributed by atoms with Crippen molar-refractivity contribution in [2.75, 3.05) is 5.32 Å². The van der Waals surface area contributed by atoms with Crippen LogP contribution in [0.15, 0.2) is 47.0 Å². The van der Waals surface area contributed by atoms with Gasteiger partial charge in [-0.05, 0) is 13.0 Å². The third kappa shape index (κ3) is 4.05. The molecule has 26 heavy (non-hydrogen) atoms. The molecule has 0 bridgehead atoms. The lowest BCUT2D eigenvalue weighted by Gasteiger charge is -2.08. The van der Waals surface area contributed by atoms with E-state index in [1.165, 1.54) is 0 Å². The lowest BCUT2D eigenvalue weighted by Crippen LogP contribution is -2.18. The second-order valence-corrected chi connectivity index (χ2v) is 6.12. The first kappa shape index (κ1) is 17.6. The molecule has 2 aromatic heterocycles. The molecular weight excluding hydrogens is 332 g/mol. The van der Waals surface area contributed by atoms with Crippen LogP contribution in [0.4, 0.5) is 5.82 Å². The fraction of sp³-hybridized carbons (Fsp3) is 0.263. The van der Waals surface area contributed by atoms with Crippen molar-refractivity contribution in [3.63, 3.8) is 0 Å². The Kier molecular flexibility index (Phi) is 5.26. The van der Waals surface area contributed by atoms with E-state index in [-0.39, 0.29) is 18.4 Å². The van der Waals surface area contributed by atoms with Gasteiger partial charge in [-0.15, -0.1) is 10.2 Å². The van der Waals surface area contributed by atoms with E-state index in [4.69, 9.17) is 9.26 Å². The van der Waals surface area contributed by atoms with E-state index in [0.717, 1.165) is 16.8 Å². The maximum absolute atomic E-state index is 11.7. The summed E-state index contributed by atoms with van der Waals surface area (Å²) in [4.78, 5) is 11.7. The van der Waals surface area contributed by atoms with E-state index >= 15 is 0 Å². The zero-order chi connectivity index (χ0) is 18.5. The van der Waals surface area contributed by atoms with Gasteiger partial charge in [0.25, 0.3) is 0 Å². The highest BCUT2D eigenvalue weighted by Gasteiger charge is 2.15. The standard InChI is InChI=1S/C19H20N4O3/c1-12(2)19(24)20-16-9-10-17(22-21-16)25-11-15-13(3)26-23-18(15)14-7-5-4-6-8-14/h4-10,12H,11H2,1-3H3,(H,20,21,24). The van der Waals surface area contributed by atoms with E-state index in [1.54, 1.807) is 12.1 Å². The Morgan fingerprint density at radius 1 is 1.15 bits per heavy atom. The first-order valence-electron chi connectivity index (χ1n) is 8.32. The average molecular weight is 352 g/mol. The van der Waals surface area contributed by atoms with Gasteiger partial charge in [0.1, 0.15) is 18.1 Å². The molecule has 0 fully saturated rings. The fourth-order valence-corrected chi connectivity index (χ4v) is 2.26. The van der Waals surface area contributed by atoms with Crippen LogP contribution in [0.2, 0.25) is 0 Å². The molecule has 1 amide bonds. The lowest BCUT2D eigenvalue weighted by molar-refractivity contribution is -0.118.